The third kappa shape index (κ3) is 4.63. The number of ether oxygens (including phenoxy) is 1. The van der Waals surface area contributed by atoms with E-state index in [1.54, 1.807) is 6.92 Å². The van der Waals surface area contributed by atoms with Crippen LogP contribution in [0.5, 0.6) is 0 Å². The van der Waals surface area contributed by atoms with E-state index < -0.39 is 0 Å². The number of nitrogens with one attached hydrogen (secondary N) is 2. The standard InChI is InChI=1S/C24H30N4O3S/c1-15-22(23(28-31-15)16-7-3-2-4-8-16)24(29)26-13-21-27-17-9-5-6-10-19(30-21)18(11-17)20-12-25-14-32-20/h2-4,7-8,14,17-21,27H,5-6,9-13H2,1H3,(H,26,29). The number of benzene rings is 1. The summed E-state index contributed by atoms with van der Waals surface area (Å²) in [5.74, 6) is 0.825. The topological polar surface area (TPSA) is 88.8 Å². The molecule has 170 valence electrons. The molecule has 8 heteroatoms. The Kier molecular flexibility index (Phi) is 6.62. The number of hydrogen-bond donors (Lipinski definition) is 2. The molecule has 3 aliphatic rings. The van der Waals surface area contributed by atoms with E-state index in [9.17, 15) is 4.79 Å². The molecule has 5 atom stereocenters. The van der Waals surface area contributed by atoms with Gasteiger partial charge in [0.05, 0.1) is 24.7 Å². The van der Waals surface area contributed by atoms with Gasteiger partial charge in [-0.05, 0) is 26.2 Å². The zero-order chi connectivity index (χ0) is 21.9. The zero-order valence-corrected chi connectivity index (χ0v) is 19.1. The van der Waals surface area contributed by atoms with E-state index in [1.165, 1.54) is 12.8 Å². The number of nitrogens with zero attached hydrogens (tertiary/aromatic N) is 2. The van der Waals surface area contributed by atoms with Gasteiger partial charge in [0.25, 0.3) is 5.91 Å². The van der Waals surface area contributed by atoms with E-state index in [2.05, 4.69) is 20.8 Å². The summed E-state index contributed by atoms with van der Waals surface area (Å²) >= 11 is 1.85. The molecule has 7 nitrogen and oxygen atoms in total. The second-order valence-corrected chi connectivity index (χ2v) is 9.98. The molecule has 2 fully saturated rings. The average molecular weight is 455 g/mol. The fourth-order valence-corrected chi connectivity index (χ4v) is 6.12. The Hall–Kier alpha value is -2.16. The van der Waals surface area contributed by atoms with Crippen LogP contribution in [0.4, 0.5) is 0 Å². The number of thioether (sulfide) groups is 1. The van der Waals surface area contributed by atoms with E-state index in [0.717, 1.165) is 31.4 Å². The summed E-state index contributed by atoms with van der Waals surface area (Å²) in [6, 6.07) is 10.1. The lowest BCUT2D eigenvalue weighted by Gasteiger charge is -2.32. The Bertz CT molecular complexity index is 955. The summed E-state index contributed by atoms with van der Waals surface area (Å²) in [6.45, 7) is 3.07. The first-order chi connectivity index (χ1) is 15.7. The quantitative estimate of drug-likeness (QED) is 0.715. The molecule has 1 saturated heterocycles. The summed E-state index contributed by atoms with van der Waals surface area (Å²) in [4.78, 5) is 17.6. The molecule has 0 radical (unpaired) electrons. The van der Waals surface area contributed by atoms with Gasteiger partial charge >= 0.3 is 0 Å². The van der Waals surface area contributed by atoms with Crippen molar-refractivity contribution in [2.75, 3.05) is 13.1 Å². The number of amides is 1. The van der Waals surface area contributed by atoms with Gasteiger partial charge in [-0.1, -0.05) is 48.3 Å². The minimum absolute atomic E-state index is 0.184. The van der Waals surface area contributed by atoms with Gasteiger partial charge in [0.2, 0.25) is 0 Å². The van der Waals surface area contributed by atoms with Gasteiger partial charge in [0.15, 0.2) is 0 Å². The summed E-state index contributed by atoms with van der Waals surface area (Å²) in [7, 11) is 0. The molecule has 3 heterocycles. The van der Waals surface area contributed by atoms with Crippen LogP contribution in [0.2, 0.25) is 0 Å². The van der Waals surface area contributed by atoms with Crippen LogP contribution in [-0.2, 0) is 4.74 Å². The van der Waals surface area contributed by atoms with Crippen molar-refractivity contribution in [2.24, 2.45) is 10.9 Å². The molecule has 0 spiro atoms. The molecule has 1 saturated carbocycles. The summed E-state index contributed by atoms with van der Waals surface area (Å²) < 4.78 is 11.9. The monoisotopic (exact) mass is 454 g/mol. The predicted molar refractivity (Wildman–Crippen MR) is 126 cm³/mol. The summed E-state index contributed by atoms with van der Waals surface area (Å²) in [5, 5.41) is 11.4. The van der Waals surface area contributed by atoms with Crippen molar-refractivity contribution in [3.8, 4) is 11.3 Å². The first kappa shape index (κ1) is 21.7. The molecule has 1 amide bonds. The van der Waals surface area contributed by atoms with Crippen LogP contribution in [-0.4, -0.2) is 53.3 Å². The van der Waals surface area contributed by atoms with Crippen molar-refractivity contribution in [3.63, 3.8) is 0 Å². The van der Waals surface area contributed by atoms with Gasteiger partial charge in [-0.15, -0.1) is 11.8 Å². The second-order valence-electron chi connectivity index (χ2n) is 8.89. The Morgan fingerprint density at radius 3 is 2.91 bits per heavy atom. The maximum atomic E-state index is 13.1. The van der Waals surface area contributed by atoms with E-state index >= 15 is 0 Å². The average Bonchev–Trinajstić information content (AvgIpc) is 3.44. The first-order valence-corrected chi connectivity index (χ1v) is 12.5. The smallest absolute Gasteiger partial charge is 0.257 e. The number of hydrogen-bond acceptors (Lipinski definition) is 7. The minimum atomic E-state index is -0.204. The lowest BCUT2D eigenvalue weighted by Crippen LogP contribution is -2.46. The number of fused-ring (bicyclic) bond motifs is 3. The third-order valence-corrected chi connectivity index (χ3v) is 7.86. The van der Waals surface area contributed by atoms with Gasteiger partial charge in [-0.3, -0.25) is 15.1 Å². The van der Waals surface area contributed by atoms with E-state index in [0.29, 0.717) is 40.8 Å². The molecule has 2 N–H and O–H groups in total. The lowest BCUT2D eigenvalue weighted by molar-refractivity contribution is -0.0440. The lowest BCUT2D eigenvalue weighted by atomic mass is 9.84. The maximum absolute atomic E-state index is 13.1. The molecule has 1 aromatic heterocycles. The number of rotatable bonds is 5. The number of aliphatic imine (C=N–C) groups is 1. The van der Waals surface area contributed by atoms with Crippen molar-refractivity contribution in [1.29, 1.82) is 0 Å². The van der Waals surface area contributed by atoms with Gasteiger partial charge in [-0.2, -0.15) is 0 Å². The second kappa shape index (κ2) is 9.77. The highest BCUT2D eigenvalue weighted by Crippen LogP contribution is 2.37. The molecular weight excluding hydrogens is 424 g/mol. The normalized spacial score (nSPS) is 30.0. The molecule has 5 unspecified atom stereocenters. The van der Waals surface area contributed by atoms with Crippen LogP contribution in [0.15, 0.2) is 39.8 Å². The molecular formula is C24H30N4O3S. The Labute approximate surface area is 192 Å². The van der Waals surface area contributed by atoms with Crippen LogP contribution in [0.1, 0.15) is 48.2 Å². The van der Waals surface area contributed by atoms with Gasteiger partial charge in [0.1, 0.15) is 23.2 Å². The predicted octanol–water partition coefficient (Wildman–Crippen LogP) is 3.79. The first-order valence-electron chi connectivity index (χ1n) is 11.5. The largest absolute Gasteiger partial charge is 0.360 e. The summed E-state index contributed by atoms with van der Waals surface area (Å²) in [5.41, 5.74) is 3.91. The highest BCUT2D eigenvalue weighted by molar-refractivity contribution is 8.12. The fraction of sp³-hybridized carbons (Fsp3) is 0.542. The van der Waals surface area contributed by atoms with Crippen molar-refractivity contribution in [1.82, 2.24) is 15.8 Å². The van der Waals surface area contributed by atoms with E-state index in [4.69, 9.17) is 9.26 Å². The highest BCUT2D eigenvalue weighted by atomic mass is 32.2. The molecule has 2 bridgehead atoms. The Morgan fingerprint density at radius 2 is 2.09 bits per heavy atom. The molecule has 2 aliphatic heterocycles. The summed E-state index contributed by atoms with van der Waals surface area (Å²) in [6.07, 6.45) is 5.74. The van der Waals surface area contributed by atoms with Crippen LogP contribution < -0.4 is 10.6 Å². The van der Waals surface area contributed by atoms with Crippen molar-refractivity contribution < 1.29 is 14.1 Å². The van der Waals surface area contributed by atoms with Gasteiger partial charge in [0, 0.05) is 22.8 Å². The highest BCUT2D eigenvalue weighted by Gasteiger charge is 2.39. The molecule has 32 heavy (non-hydrogen) atoms. The SMILES string of the molecule is Cc1onc(-c2ccccc2)c1C(=O)NCC1NC2CCCCC(O1)C(C1CN=CS1)C2. The Balaban J connectivity index is 1.28. The minimum Gasteiger partial charge on any atom is -0.360 e. The van der Waals surface area contributed by atoms with Crippen LogP contribution in [0.3, 0.4) is 0 Å². The number of carbonyl (C=O) groups excluding carboxylic acids is 1. The van der Waals surface area contributed by atoms with E-state index in [1.807, 2.05) is 47.6 Å². The molecule has 1 aliphatic carbocycles. The maximum Gasteiger partial charge on any atom is 0.257 e. The number of carbonyl (C=O) groups is 1. The van der Waals surface area contributed by atoms with Crippen LogP contribution in [0, 0.1) is 12.8 Å². The van der Waals surface area contributed by atoms with E-state index in [-0.39, 0.29) is 18.2 Å². The van der Waals surface area contributed by atoms with Crippen molar-refractivity contribution in [2.45, 2.75) is 62.7 Å². The molecule has 2 aromatic rings. The van der Waals surface area contributed by atoms with Crippen LogP contribution in [0.25, 0.3) is 11.3 Å². The fourth-order valence-electron chi connectivity index (χ4n) is 5.13. The number of aryl methyl sites for hydroxylation is 1. The van der Waals surface area contributed by atoms with Crippen molar-refractivity contribution >= 4 is 23.2 Å². The molecule has 5 rings (SSSR count). The van der Waals surface area contributed by atoms with Crippen LogP contribution >= 0.6 is 11.8 Å². The number of aromatic nitrogens is 1. The van der Waals surface area contributed by atoms with Gasteiger partial charge < -0.3 is 14.6 Å². The third-order valence-electron chi connectivity index (χ3n) is 6.74. The zero-order valence-electron chi connectivity index (χ0n) is 18.3. The Morgan fingerprint density at radius 1 is 1.25 bits per heavy atom. The van der Waals surface area contributed by atoms with Gasteiger partial charge in [-0.25, -0.2) is 0 Å². The van der Waals surface area contributed by atoms with Crippen molar-refractivity contribution in [3.05, 3.63) is 41.7 Å². The molecule has 1 aromatic carbocycles.